The summed E-state index contributed by atoms with van der Waals surface area (Å²) in [4.78, 5) is 27.8. The molecular weight excluding hydrogens is 316 g/mol. The molecule has 0 N–H and O–H groups in total. The molecule has 1 aliphatic rings. The van der Waals surface area contributed by atoms with Gasteiger partial charge < -0.3 is 9.64 Å². The Morgan fingerprint density at radius 2 is 2.08 bits per heavy atom. The summed E-state index contributed by atoms with van der Waals surface area (Å²) in [6.07, 6.45) is 3.23. The monoisotopic (exact) mass is 334 g/mol. The van der Waals surface area contributed by atoms with Gasteiger partial charge in [0.15, 0.2) is 0 Å². The molecule has 0 radical (unpaired) electrons. The first-order chi connectivity index (χ1) is 12.2. The number of morpholine rings is 1. The number of nitrogens with zero attached hydrogens (tertiary/aromatic N) is 4. The van der Waals surface area contributed by atoms with Gasteiger partial charge >= 0.3 is 0 Å². The summed E-state index contributed by atoms with van der Waals surface area (Å²) < 4.78 is 5.83. The van der Waals surface area contributed by atoms with Gasteiger partial charge in [-0.25, -0.2) is 9.97 Å². The lowest BCUT2D eigenvalue weighted by Crippen LogP contribution is -2.42. The van der Waals surface area contributed by atoms with Crippen LogP contribution in [0.2, 0.25) is 0 Å². The highest BCUT2D eigenvalue weighted by atomic mass is 16.5. The van der Waals surface area contributed by atoms with Gasteiger partial charge in [-0.2, -0.15) is 0 Å². The standard InChI is InChI=1S/C19H18N4O2/c1-13-20-9-7-17(22-13)18-12-23(10-11-25-18)19(24)15-4-2-6-16-14(15)5-3-8-21-16/h2-9,18H,10-12H2,1H3. The van der Waals surface area contributed by atoms with E-state index in [0.717, 1.165) is 16.6 Å². The van der Waals surface area contributed by atoms with E-state index in [0.29, 0.717) is 31.1 Å². The average Bonchev–Trinajstić information content (AvgIpc) is 2.67. The molecule has 6 nitrogen and oxygen atoms in total. The Labute approximate surface area is 145 Å². The number of benzene rings is 1. The number of rotatable bonds is 2. The number of carbonyl (C=O) groups is 1. The number of hydrogen-bond acceptors (Lipinski definition) is 5. The van der Waals surface area contributed by atoms with Gasteiger partial charge in [-0.15, -0.1) is 0 Å². The molecular formula is C19H18N4O2. The van der Waals surface area contributed by atoms with Crippen LogP contribution in [0, 0.1) is 6.92 Å². The second-order valence-electron chi connectivity index (χ2n) is 6.01. The molecule has 0 saturated carbocycles. The van der Waals surface area contributed by atoms with Gasteiger partial charge in [0.05, 0.1) is 24.4 Å². The van der Waals surface area contributed by atoms with Crippen LogP contribution in [0.3, 0.4) is 0 Å². The zero-order valence-corrected chi connectivity index (χ0v) is 13.9. The number of aromatic nitrogens is 3. The Bertz CT molecular complexity index is 923. The lowest BCUT2D eigenvalue weighted by molar-refractivity contribution is -0.0247. The predicted molar refractivity (Wildman–Crippen MR) is 93.1 cm³/mol. The van der Waals surface area contributed by atoms with E-state index in [1.807, 2.05) is 48.2 Å². The van der Waals surface area contributed by atoms with Crippen LogP contribution in [-0.2, 0) is 4.74 Å². The second-order valence-corrected chi connectivity index (χ2v) is 6.01. The highest BCUT2D eigenvalue weighted by molar-refractivity contribution is 6.06. The van der Waals surface area contributed by atoms with Crippen molar-refractivity contribution in [3.8, 4) is 0 Å². The van der Waals surface area contributed by atoms with E-state index >= 15 is 0 Å². The van der Waals surface area contributed by atoms with Gasteiger partial charge in [0.25, 0.3) is 5.91 Å². The van der Waals surface area contributed by atoms with E-state index in [9.17, 15) is 4.79 Å². The van der Waals surface area contributed by atoms with Crippen molar-refractivity contribution in [3.05, 3.63) is 65.9 Å². The molecule has 1 unspecified atom stereocenters. The number of pyridine rings is 1. The molecule has 25 heavy (non-hydrogen) atoms. The highest BCUT2D eigenvalue weighted by Gasteiger charge is 2.27. The predicted octanol–water partition coefficient (Wildman–Crippen LogP) is 2.55. The Hall–Kier alpha value is -2.86. The first-order valence-electron chi connectivity index (χ1n) is 8.26. The average molecular weight is 334 g/mol. The van der Waals surface area contributed by atoms with Gasteiger partial charge in [-0.3, -0.25) is 9.78 Å². The maximum Gasteiger partial charge on any atom is 0.254 e. The van der Waals surface area contributed by atoms with Crippen molar-refractivity contribution in [2.45, 2.75) is 13.0 Å². The number of amides is 1. The lowest BCUT2D eigenvalue weighted by Gasteiger charge is -2.33. The third-order valence-corrected chi connectivity index (χ3v) is 4.36. The van der Waals surface area contributed by atoms with Crippen LogP contribution in [0.5, 0.6) is 0 Å². The number of carbonyl (C=O) groups excluding carboxylic acids is 1. The van der Waals surface area contributed by atoms with E-state index in [2.05, 4.69) is 15.0 Å². The minimum absolute atomic E-state index is 0.00215. The molecule has 1 fully saturated rings. The molecule has 0 aliphatic carbocycles. The van der Waals surface area contributed by atoms with Crippen molar-refractivity contribution < 1.29 is 9.53 Å². The minimum Gasteiger partial charge on any atom is -0.368 e. The van der Waals surface area contributed by atoms with Crippen molar-refractivity contribution in [2.24, 2.45) is 0 Å². The summed E-state index contributed by atoms with van der Waals surface area (Å²) in [5, 5.41) is 0.871. The van der Waals surface area contributed by atoms with Crippen LogP contribution in [0.1, 0.15) is 28.0 Å². The molecule has 3 aromatic rings. The molecule has 126 valence electrons. The Kier molecular flexibility index (Phi) is 4.11. The molecule has 1 atom stereocenters. The van der Waals surface area contributed by atoms with Crippen molar-refractivity contribution in [1.82, 2.24) is 19.9 Å². The maximum absolute atomic E-state index is 13.1. The Morgan fingerprint density at radius 1 is 1.16 bits per heavy atom. The molecule has 1 aromatic carbocycles. The third kappa shape index (κ3) is 3.08. The number of fused-ring (bicyclic) bond motifs is 1. The molecule has 6 heteroatoms. The van der Waals surface area contributed by atoms with E-state index in [1.165, 1.54) is 0 Å². The zero-order chi connectivity index (χ0) is 17.2. The van der Waals surface area contributed by atoms with Gasteiger partial charge in [-0.1, -0.05) is 12.1 Å². The molecule has 3 heterocycles. The van der Waals surface area contributed by atoms with E-state index in [-0.39, 0.29) is 12.0 Å². The minimum atomic E-state index is -0.229. The van der Waals surface area contributed by atoms with Crippen LogP contribution in [0.15, 0.2) is 48.8 Å². The maximum atomic E-state index is 13.1. The van der Waals surface area contributed by atoms with Crippen LogP contribution >= 0.6 is 0 Å². The Balaban J connectivity index is 1.61. The summed E-state index contributed by atoms with van der Waals surface area (Å²) in [7, 11) is 0. The summed E-state index contributed by atoms with van der Waals surface area (Å²) in [6, 6.07) is 11.3. The van der Waals surface area contributed by atoms with Gasteiger partial charge in [0.1, 0.15) is 11.9 Å². The van der Waals surface area contributed by atoms with E-state index in [1.54, 1.807) is 12.4 Å². The molecule has 4 rings (SSSR count). The molecule has 2 aromatic heterocycles. The van der Waals surface area contributed by atoms with E-state index < -0.39 is 0 Å². The third-order valence-electron chi connectivity index (χ3n) is 4.36. The topological polar surface area (TPSA) is 68.2 Å². The smallest absolute Gasteiger partial charge is 0.254 e. The van der Waals surface area contributed by atoms with Crippen molar-refractivity contribution in [3.63, 3.8) is 0 Å². The lowest BCUT2D eigenvalue weighted by atomic mass is 10.1. The molecule has 0 bridgehead atoms. The van der Waals surface area contributed by atoms with Gasteiger partial charge in [0.2, 0.25) is 0 Å². The summed E-state index contributed by atoms with van der Waals surface area (Å²) >= 11 is 0. The fraction of sp³-hybridized carbons (Fsp3) is 0.263. The summed E-state index contributed by atoms with van der Waals surface area (Å²) in [5.41, 5.74) is 2.30. The largest absolute Gasteiger partial charge is 0.368 e. The summed E-state index contributed by atoms with van der Waals surface area (Å²) in [6.45, 7) is 3.38. The molecule has 1 amide bonds. The molecule has 1 saturated heterocycles. The highest BCUT2D eigenvalue weighted by Crippen LogP contribution is 2.24. The number of hydrogen-bond donors (Lipinski definition) is 0. The summed E-state index contributed by atoms with van der Waals surface area (Å²) in [5.74, 6) is 0.697. The normalized spacial score (nSPS) is 17.6. The quantitative estimate of drug-likeness (QED) is 0.720. The van der Waals surface area contributed by atoms with E-state index in [4.69, 9.17) is 4.74 Å². The molecule has 1 aliphatic heterocycles. The van der Waals surface area contributed by atoms with Crippen LogP contribution in [-0.4, -0.2) is 45.5 Å². The van der Waals surface area contributed by atoms with Crippen LogP contribution in [0.4, 0.5) is 0 Å². The number of aryl methyl sites for hydroxylation is 1. The zero-order valence-electron chi connectivity index (χ0n) is 13.9. The fourth-order valence-electron chi connectivity index (χ4n) is 3.13. The SMILES string of the molecule is Cc1nccc(C2CN(C(=O)c3cccc4ncccc34)CCO2)n1. The van der Waals surface area contributed by atoms with Gasteiger partial charge in [-0.05, 0) is 31.2 Å². The Morgan fingerprint density at radius 3 is 2.96 bits per heavy atom. The van der Waals surface area contributed by atoms with Crippen molar-refractivity contribution in [2.75, 3.05) is 19.7 Å². The van der Waals surface area contributed by atoms with Crippen LogP contribution in [0.25, 0.3) is 10.9 Å². The fourth-order valence-corrected chi connectivity index (χ4v) is 3.13. The number of ether oxygens (including phenoxy) is 1. The van der Waals surface area contributed by atoms with Crippen LogP contribution < -0.4 is 0 Å². The van der Waals surface area contributed by atoms with Crippen molar-refractivity contribution in [1.29, 1.82) is 0 Å². The first-order valence-corrected chi connectivity index (χ1v) is 8.26. The first kappa shape index (κ1) is 15.7. The van der Waals surface area contributed by atoms with Crippen molar-refractivity contribution >= 4 is 16.8 Å². The van der Waals surface area contributed by atoms with Gasteiger partial charge in [0, 0.05) is 29.9 Å². The molecule has 0 spiro atoms. The second kappa shape index (κ2) is 6.57.